The summed E-state index contributed by atoms with van der Waals surface area (Å²) < 4.78 is 11.0. The molecular weight excluding hydrogens is 318 g/mol. The minimum atomic E-state index is -0.545. The van der Waals surface area contributed by atoms with Gasteiger partial charge in [-0.1, -0.05) is 6.07 Å². The van der Waals surface area contributed by atoms with Crippen LogP contribution in [-0.4, -0.2) is 50.0 Å². The van der Waals surface area contributed by atoms with Crippen LogP contribution in [0.25, 0.3) is 0 Å². The number of ether oxygens (including phenoxy) is 2. The lowest BCUT2D eigenvalue weighted by Gasteiger charge is -2.30. The van der Waals surface area contributed by atoms with Gasteiger partial charge in [0.2, 0.25) is 0 Å². The Morgan fingerprint density at radius 1 is 1.36 bits per heavy atom. The van der Waals surface area contributed by atoms with Crippen LogP contribution < -0.4 is 9.64 Å². The number of aliphatic hydroxyl groups is 1. The van der Waals surface area contributed by atoms with Crippen molar-refractivity contribution in [2.75, 3.05) is 32.8 Å². The molecule has 1 heterocycles. The number of carbonyl (C=O) groups excluding carboxylic acids is 1. The molecule has 1 aromatic rings. The summed E-state index contributed by atoms with van der Waals surface area (Å²) in [5, 5.41) is 10.4. The van der Waals surface area contributed by atoms with Crippen LogP contribution >= 0.6 is 0 Å². The molecule has 1 aliphatic heterocycles. The van der Waals surface area contributed by atoms with Gasteiger partial charge in [0.15, 0.2) is 0 Å². The van der Waals surface area contributed by atoms with Gasteiger partial charge in [0, 0.05) is 0 Å². The molecule has 3 atom stereocenters. The average Bonchev–Trinajstić information content (AvgIpc) is 2.57. The Balaban J connectivity index is 1.84. The molecule has 0 amide bonds. The molecule has 1 unspecified atom stereocenters. The number of piperidine rings is 1. The molecule has 2 rings (SSSR count). The predicted octanol–water partition coefficient (Wildman–Crippen LogP) is 1.21. The van der Waals surface area contributed by atoms with Gasteiger partial charge in [-0.3, -0.25) is 4.79 Å². The third-order valence-electron chi connectivity index (χ3n) is 4.96. The minimum absolute atomic E-state index is 0.0431. The lowest BCUT2D eigenvalue weighted by Crippen LogP contribution is -3.15. The van der Waals surface area contributed by atoms with Crippen molar-refractivity contribution in [3.05, 3.63) is 28.8 Å². The van der Waals surface area contributed by atoms with Crippen LogP contribution in [0.4, 0.5) is 0 Å². The highest BCUT2D eigenvalue weighted by atomic mass is 16.5. The van der Waals surface area contributed by atoms with E-state index in [1.807, 2.05) is 26.8 Å². The van der Waals surface area contributed by atoms with Gasteiger partial charge in [-0.15, -0.1) is 0 Å². The molecule has 25 heavy (non-hydrogen) atoms. The van der Waals surface area contributed by atoms with Crippen molar-refractivity contribution < 1.29 is 24.3 Å². The van der Waals surface area contributed by atoms with Crippen LogP contribution in [0.3, 0.4) is 0 Å². The molecule has 0 radical (unpaired) electrons. The topological polar surface area (TPSA) is 60.2 Å². The molecule has 1 fully saturated rings. The fourth-order valence-electron chi connectivity index (χ4n) is 3.53. The lowest BCUT2D eigenvalue weighted by molar-refractivity contribution is -0.910. The van der Waals surface area contributed by atoms with Crippen LogP contribution in [0.15, 0.2) is 12.1 Å². The number of aliphatic hydroxyl groups excluding tert-OH is 1. The Kier molecular flexibility index (Phi) is 7.26. The third kappa shape index (κ3) is 5.72. The van der Waals surface area contributed by atoms with E-state index in [1.165, 1.54) is 10.5 Å². The van der Waals surface area contributed by atoms with Crippen molar-refractivity contribution in [3.63, 3.8) is 0 Å². The molecule has 0 aliphatic carbocycles. The van der Waals surface area contributed by atoms with Crippen LogP contribution in [0.1, 0.15) is 36.5 Å². The molecule has 0 spiro atoms. The van der Waals surface area contributed by atoms with E-state index in [0.717, 1.165) is 42.8 Å². The van der Waals surface area contributed by atoms with Gasteiger partial charge in [0.05, 0.1) is 19.7 Å². The van der Waals surface area contributed by atoms with Crippen LogP contribution in [-0.2, 0) is 9.53 Å². The number of nitrogens with one attached hydrogen (secondary N) is 1. The van der Waals surface area contributed by atoms with Crippen molar-refractivity contribution in [2.45, 2.75) is 46.6 Å². The summed E-state index contributed by atoms with van der Waals surface area (Å²) in [6.45, 7) is 11.0. The largest absolute Gasteiger partial charge is 0.490 e. The molecule has 140 valence electrons. The Bertz CT molecular complexity index is 587. The minimum Gasteiger partial charge on any atom is -0.490 e. The summed E-state index contributed by atoms with van der Waals surface area (Å²) in [5.41, 5.74) is 3.47. The van der Waals surface area contributed by atoms with E-state index in [2.05, 4.69) is 13.0 Å². The van der Waals surface area contributed by atoms with Crippen molar-refractivity contribution in [3.8, 4) is 5.75 Å². The van der Waals surface area contributed by atoms with E-state index < -0.39 is 6.10 Å². The second kappa shape index (κ2) is 9.20. The van der Waals surface area contributed by atoms with Crippen molar-refractivity contribution in [1.29, 1.82) is 0 Å². The van der Waals surface area contributed by atoms with Gasteiger partial charge >= 0.3 is 5.97 Å². The maximum atomic E-state index is 11.9. The SMILES string of the molecule is CCOC(=O)[C@@H]1CCC[NH+](C[C@H](O)COc2cc(C)cc(C)c2C)C1. The number of likely N-dealkylation sites (tertiary alicyclic amines) is 1. The fourth-order valence-corrected chi connectivity index (χ4v) is 3.53. The number of esters is 1. The molecule has 1 saturated heterocycles. The van der Waals surface area contributed by atoms with E-state index >= 15 is 0 Å². The number of aryl methyl sites for hydroxylation is 2. The van der Waals surface area contributed by atoms with Gasteiger partial charge in [0.1, 0.15) is 30.9 Å². The first-order chi connectivity index (χ1) is 11.9. The zero-order valence-corrected chi connectivity index (χ0v) is 15.9. The fraction of sp³-hybridized carbons (Fsp3) is 0.650. The first-order valence-electron chi connectivity index (χ1n) is 9.29. The second-order valence-electron chi connectivity index (χ2n) is 7.17. The highest BCUT2D eigenvalue weighted by Gasteiger charge is 2.30. The van der Waals surface area contributed by atoms with Gasteiger partial charge in [-0.2, -0.15) is 0 Å². The Labute approximate surface area is 150 Å². The summed E-state index contributed by atoms with van der Waals surface area (Å²) >= 11 is 0. The number of carbonyl (C=O) groups is 1. The standard InChI is InChI=1S/C20H31NO4/c1-5-24-20(23)17-7-6-8-21(11-17)12-18(22)13-25-19-10-14(2)9-15(3)16(19)4/h9-10,17-18,22H,5-8,11-13H2,1-4H3/p+1/t17-,18+/m1/s1. The van der Waals surface area contributed by atoms with E-state index in [0.29, 0.717) is 13.2 Å². The molecule has 5 nitrogen and oxygen atoms in total. The van der Waals surface area contributed by atoms with Gasteiger partial charge in [-0.05, 0) is 63.3 Å². The van der Waals surface area contributed by atoms with Gasteiger partial charge < -0.3 is 19.5 Å². The number of benzene rings is 1. The van der Waals surface area contributed by atoms with E-state index in [1.54, 1.807) is 0 Å². The molecule has 2 N–H and O–H groups in total. The first-order valence-corrected chi connectivity index (χ1v) is 9.29. The van der Waals surface area contributed by atoms with Crippen LogP contribution in [0.2, 0.25) is 0 Å². The average molecular weight is 350 g/mol. The summed E-state index contributed by atoms with van der Waals surface area (Å²) in [6.07, 6.45) is 1.33. The summed E-state index contributed by atoms with van der Waals surface area (Å²) in [4.78, 5) is 13.2. The van der Waals surface area contributed by atoms with Crippen molar-refractivity contribution in [1.82, 2.24) is 0 Å². The quantitative estimate of drug-likeness (QED) is 0.726. The number of quaternary nitrogens is 1. The van der Waals surface area contributed by atoms with Crippen LogP contribution in [0.5, 0.6) is 5.75 Å². The Morgan fingerprint density at radius 2 is 2.12 bits per heavy atom. The first kappa shape index (κ1) is 19.7. The maximum absolute atomic E-state index is 11.9. The zero-order valence-electron chi connectivity index (χ0n) is 15.9. The Morgan fingerprint density at radius 3 is 2.84 bits per heavy atom. The predicted molar refractivity (Wildman–Crippen MR) is 97.1 cm³/mol. The van der Waals surface area contributed by atoms with E-state index in [-0.39, 0.29) is 18.5 Å². The van der Waals surface area contributed by atoms with E-state index in [9.17, 15) is 9.90 Å². The van der Waals surface area contributed by atoms with E-state index in [4.69, 9.17) is 9.47 Å². The molecule has 0 saturated carbocycles. The number of hydrogen-bond donors (Lipinski definition) is 2. The molecular formula is C20H32NO4+. The highest BCUT2D eigenvalue weighted by molar-refractivity contribution is 5.72. The molecule has 1 aromatic carbocycles. The van der Waals surface area contributed by atoms with Gasteiger partial charge in [-0.25, -0.2) is 0 Å². The van der Waals surface area contributed by atoms with Crippen molar-refractivity contribution >= 4 is 5.97 Å². The molecule has 0 bridgehead atoms. The number of hydrogen-bond acceptors (Lipinski definition) is 4. The maximum Gasteiger partial charge on any atom is 0.314 e. The van der Waals surface area contributed by atoms with Gasteiger partial charge in [0.25, 0.3) is 0 Å². The summed E-state index contributed by atoms with van der Waals surface area (Å²) in [6, 6.07) is 4.14. The Hall–Kier alpha value is -1.59. The number of rotatable bonds is 7. The molecule has 1 aliphatic rings. The zero-order chi connectivity index (χ0) is 18.4. The summed E-state index contributed by atoms with van der Waals surface area (Å²) in [5.74, 6) is 0.699. The normalized spacial score (nSPS) is 21.6. The molecule has 0 aromatic heterocycles. The monoisotopic (exact) mass is 350 g/mol. The second-order valence-corrected chi connectivity index (χ2v) is 7.17. The smallest absolute Gasteiger partial charge is 0.314 e. The third-order valence-corrected chi connectivity index (χ3v) is 4.96. The van der Waals surface area contributed by atoms with Crippen LogP contribution in [0, 0.1) is 26.7 Å². The van der Waals surface area contributed by atoms with Crippen molar-refractivity contribution in [2.24, 2.45) is 5.92 Å². The molecule has 5 heteroatoms. The summed E-state index contributed by atoms with van der Waals surface area (Å²) in [7, 11) is 0. The highest BCUT2D eigenvalue weighted by Crippen LogP contribution is 2.23. The lowest BCUT2D eigenvalue weighted by atomic mass is 9.98.